The lowest BCUT2D eigenvalue weighted by atomic mass is 9.85. The maximum absolute atomic E-state index is 12.3. The van der Waals surface area contributed by atoms with Crippen LogP contribution in [0.3, 0.4) is 0 Å². The standard InChI is InChI=1S/C17H24N2O3/c1-21-15-8-13-6-7-19(11-14(13)9-16(15)22-2)17(20)18-10-12-4-3-5-12/h8-9,12H,3-7,10-11H2,1-2H3,(H,18,20). The molecule has 1 N–H and O–H groups in total. The van der Waals surface area contributed by atoms with Crippen molar-refractivity contribution in [2.45, 2.75) is 32.2 Å². The van der Waals surface area contributed by atoms with Crippen LogP contribution in [0.15, 0.2) is 12.1 Å². The summed E-state index contributed by atoms with van der Waals surface area (Å²) in [4.78, 5) is 14.2. The number of nitrogens with one attached hydrogen (secondary N) is 1. The van der Waals surface area contributed by atoms with Gasteiger partial charge in [-0.15, -0.1) is 0 Å². The van der Waals surface area contributed by atoms with Gasteiger partial charge in [0.05, 0.1) is 14.2 Å². The van der Waals surface area contributed by atoms with E-state index in [0.29, 0.717) is 12.5 Å². The van der Waals surface area contributed by atoms with E-state index in [1.165, 1.54) is 24.8 Å². The number of benzene rings is 1. The van der Waals surface area contributed by atoms with Gasteiger partial charge >= 0.3 is 6.03 Å². The van der Waals surface area contributed by atoms with Gasteiger partial charge in [-0.2, -0.15) is 0 Å². The molecule has 1 aromatic carbocycles. The molecule has 0 spiro atoms. The van der Waals surface area contributed by atoms with E-state index in [1.807, 2.05) is 17.0 Å². The zero-order valence-corrected chi connectivity index (χ0v) is 13.4. The summed E-state index contributed by atoms with van der Waals surface area (Å²) in [6.45, 7) is 2.19. The fourth-order valence-corrected chi connectivity index (χ4v) is 3.10. The van der Waals surface area contributed by atoms with Crippen molar-refractivity contribution in [3.63, 3.8) is 0 Å². The van der Waals surface area contributed by atoms with Crippen molar-refractivity contribution in [2.24, 2.45) is 5.92 Å². The Bertz CT molecular complexity index is 555. The van der Waals surface area contributed by atoms with Crippen molar-refractivity contribution in [1.29, 1.82) is 0 Å². The fourth-order valence-electron chi connectivity index (χ4n) is 3.10. The monoisotopic (exact) mass is 304 g/mol. The fraction of sp³-hybridized carbons (Fsp3) is 0.588. The number of nitrogens with zero attached hydrogens (tertiary/aromatic N) is 1. The molecule has 0 radical (unpaired) electrons. The summed E-state index contributed by atoms with van der Waals surface area (Å²) in [6, 6.07) is 4.06. The Labute approximate surface area is 131 Å². The van der Waals surface area contributed by atoms with Crippen LogP contribution in [0.2, 0.25) is 0 Å². The third-order valence-corrected chi connectivity index (χ3v) is 4.77. The van der Waals surface area contributed by atoms with Crippen LogP contribution in [0.25, 0.3) is 0 Å². The molecule has 0 atom stereocenters. The molecule has 2 aliphatic rings. The van der Waals surface area contributed by atoms with E-state index in [2.05, 4.69) is 5.32 Å². The Morgan fingerprint density at radius 2 is 1.91 bits per heavy atom. The Kier molecular flexibility index (Phi) is 4.41. The summed E-state index contributed by atoms with van der Waals surface area (Å²) in [5, 5.41) is 3.07. The molecule has 0 aromatic heterocycles. The average molecular weight is 304 g/mol. The number of fused-ring (bicyclic) bond motifs is 1. The molecular weight excluding hydrogens is 280 g/mol. The molecule has 1 fully saturated rings. The Balaban J connectivity index is 1.65. The minimum absolute atomic E-state index is 0.0485. The average Bonchev–Trinajstić information content (AvgIpc) is 2.51. The van der Waals surface area contributed by atoms with Crippen LogP contribution in [0, 0.1) is 5.92 Å². The van der Waals surface area contributed by atoms with Gasteiger partial charge in [0.2, 0.25) is 0 Å². The zero-order chi connectivity index (χ0) is 15.5. The normalized spacial score (nSPS) is 17.5. The molecule has 1 aliphatic carbocycles. The molecule has 0 unspecified atom stereocenters. The van der Waals surface area contributed by atoms with Crippen molar-refractivity contribution >= 4 is 6.03 Å². The van der Waals surface area contributed by atoms with Crippen molar-refractivity contribution in [1.82, 2.24) is 10.2 Å². The predicted octanol–water partition coefficient (Wildman–Crippen LogP) is 2.57. The molecule has 1 aliphatic heterocycles. The molecule has 1 saturated carbocycles. The van der Waals surface area contributed by atoms with E-state index in [4.69, 9.17) is 9.47 Å². The van der Waals surface area contributed by atoms with E-state index in [1.54, 1.807) is 14.2 Å². The van der Waals surface area contributed by atoms with Crippen LogP contribution in [0.4, 0.5) is 4.79 Å². The second-order valence-corrected chi connectivity index (χ2v) is 6.13. The van der Waals surface area contributed by atoms with Gasteiger partial charge in [-0.25, -0.2) is 4.79 Å². The molecule has 5 nitrogen and oxygen atoms in total. The molecule has 5 heteroatoms. The highest BCUT2D eigenvalue weighted by Gasteiger charge is 2.24. The smallest absolute Gasteiger partial charge is 0.317 e. The molecule has 22 heavy (non-hydrogen) atoms. The number of ether oxygens (including phenoxy) is 2. The highest BCUT2D eigenvalue weighted by molar-refractivity contribution is 5.74. The summed E-state index contributed by atoms with van der Waals surface area (Å²) in [6.07, 6.45) is 4.66. The summed E-state index contributed by atoms with van der Waals surface area (Å²) in [5.41, 5.74) is 2.38. The molecule has 2 amide bonds. The Morgan fingerprint density at radius 1 is 1.23 bits per heavy atom. The second-order valence-electron chi connectivity index (χ2n) is 6.13. The molecule has 1 heterocycles. The zero-order valence-electron chi connectivity index (χ0n) is 13.4. The Morgan fingerprint density at radius 3 is 2.50 bits per heavy atom. The number of carbonyl (C=O) groups is 1. The quantitative estimate of drug-likeness (QED) is 0.930. The van der Waals surface area contributed by atoms with Crippen LogP contribution < -0.4 is 14.8 Å². The lowest BCUT2D eigenvalue weighted by Gasteiger charge is -2.31. The number of hydrogen-bond acceptors (Lipinski definition) is 3. The molecule has 120 valence electrons. The van der Waals surface area contributed by atoms with Crippen molar-refractivity contribution in [2.75, 3.05) is 27.3 Å². The number of urea groups is 1. The topological polar surface area (TPSA) is 50.8 Å². The summed E-state index contributed by atoms with van der Waals surface area (Å²) in [5.74, 6) is 2.16. The maximum Gasteiger partial charge on any atom is 0.317 e. The summed E-state index contributed by atoms with van der Waals surface area (Å²) in [7, 11) is 3.28. The van der Waals surface area contributed by atoms with E-state index in [9.17, 15) is 4.79 Å². The Hall–Kier alpha value is -1.91. The number of methoxy groups -OCH3 is 2. The first-order chi connectivity index (χ1) is 10.7. The lowest BCUT2D eigenvalue weighted by molar-refractivity contribution is 0.186. The first-order valence-electron chi connectivity index (χ1n) is 7.98. The van der Waals surface area contributed by atoms with E-state index in [0.717, 1.165) is 36.6 Å². The third kappa shape index (κ3) is 2.98. The van der Waals surface area contributed by atoms with Crippen molar-refractivity contribution in [3.8, 4) is 11.5 Å². The van der Waals surface area contributed by atoms with Crippen molar-refractivity contribution in [3.05, 3.63) is 23.3 Å². The summed E-state index contributed by atoms with van der Waals surface area (Å²) >= 11 is 0. The first kappa shape index (κ1) is 15.0. The highest BCUT2D eigenvalue weighted by Crippen LogP contribution is 2.33. The SMILES string of the molecule is COc1cc2c(cc1OC)CN(C(=O)NCC1CCC1)CC2. The van der Waals surface area contributed by atoms with Crippen molar-refractivity contribution < 1.29 is 14.3 Å². The number of hydrogen-bond donors (Lipinski definition) is 1. The first-order valence-corrected chi connectivity index (χ1v) is 7.98. The molecular formula is C17H24N2O3. The highest BCUT2D eigenvalue weighted by atomic mass is 16.5. The predicted molar refractivity (Wildman–Crippen MR) is 84.4 cm³/mol. The molecule has 1 aromatic rings. The van der Waals surface area contributed by atoms with Gasteiger partial charge < -0.3 is 19.7 Å². The van der Waals surface area contributed by atoms with Crippen LogP contribution in [-0.4, -0.2) is 38.2 Å². The number of rotatable bonds is 4. The van der Waals surface area contributed by atoms with Crippen LogP contribution in [0.1, 0.15) is 30.4 Å². The summed E-state index contributed by atoms with van der Waals surface area (Å²) < 4.78 is 10.7. The van der Waals surface area contributed by atoms with Crippen LogP contribution in [0.5, 0.6) is 11.5 Å². The van der Waals surface area contributed by atoms with E-state index >= 15 is 0 Å². The van der Waals surface area contributed by atoms with Gasteiger partial charge in [-0.3, -0.25) is 0 Å². The van der Waals surface area contributed by atoms with Gasteiger partial charge in [-0.1, -0.05) is 6.42 Å². The van der Waals surface area contributed by atoms with E-state index in [-0.39, 0.29) is 6.03 Å². The van der Waals surface area contributed by atoms with E-state index < -0.39 is 0 Å². The van der Waals surface area contributed by atoms with Gasteiger partial charge in [0.15, 0.2) is 11.5 Å². The maximum atomic E-state index is 12.3. The van der Waals surface area contributed by atoms with Gasteiger partial charge in [0, 0.05) is 19.6 Å². The second kappa shape index (κ2) is 6.46. The molecule has 3 rings (SSSR count). The van der Waals surface area contributed by atoms with Gasteiger partial charge in [0.1, 0.15) is 0 Å². The van der Waals surface area contributed by atoms with Gasteiger partial charge in [-0.05, 0) is 48.4 Å². The minimum Gasteiger partial charge on any atom is -0.493 e. The number of amides is 2. The lowest BCUT2D eigenvalue weighted by Crippen LogP contribution is -2.44. The van der Waals surface area contributed by atoms with Crippen LogP contribution in [-0.2, 0) is 13.0 Å². The number of carbonyl (C=O) groups excluding carboxylic acids is 1. The third-order valence-electron chi connectivity index (χ3n) is 4.77. The molecule has 0 bridgehead atoms. The largest absolute Gasteiger partial charge is 0.493 e. The van der Waals surface area contributed by atoms with Gasteiger partial charge in [0.25, 0.3) is 0 Å². The molecule has 0 saturated heterocycles. The minimum atomic E-state index is 0.0485. The van der Waals surface area contributed by atoms with Crippen LogP contribution >= 0.6 is 0 Å².